The quantitative estimate of drug-likeness (QED) is 0.555. The van der Waals surface area contributed by atoms with Gasteiger partial charge in [0.2, 0.25) is 5.91 Å². The van der Waals surface area contributed by atoms with Gasteiger partial charge in [0.15, 0.2) is 0 Å². The summed E-state index contributed by atoms with van der Waals surface area (Å²) in [7, 11) is 3.03. The van der Waals surface area contributed by atoms with Crippen LogP contribution in [0.1, 0.15) is 18.5 Å². The van der Waals surface area contributed by atoms with Crippen LogP contribution in [0.4, 0.5) is 11.4 Å². The third-order valence-corrected chi connectivity index (χ3v) is 3.82. The van der Waals surface area contributed by atoms with Crippen molar-refractivity contribution in [3.05, 3.63) is 58.1 Å². The van der Waals surface area contributed by atoms with Crippen LogP contribution in [0.15, 0.2) is 42.5 Å². The van der Waals surface area contributed by atoms with Gasteiger partial charge >= 0.3 is 0 Å². The number of hydrogen-bond acceptors (Lipinski definition) is 6. The third-order valence-electron chi connectivity index (χ3n) is 3.82. The zero-order chi connectivity index (χ0) is 19.1. The van der Waals surface area contributed by atoms with Crippen molar-refractivity contribution in [3.8, 4) is 11.5 Å². The number of nitro groups is 1. The number of ether oxygens (including phenoxy) is 2. The first-order valence-corrected chi connectivity index (χ1v) is 7.94. The van der Waals surface area contributed by atoms with Crippen molar-refractivity contribution >= 4 is 17.3 Å². The SMILES string of the molecule is COc1ccc([N+](=O)[O-])cc1NCC(=O)NC(C)c1ccccc1OC. The lowest BCUT2D eigenvalue weighted by Gasteiger charge is -2.18. The highest BCUT2D eigenvalue weighted by Crippen LogP contribution is 2.29. The molecule has 2 N–H and O–H groups in total. The highest BCUT2D eigenvalue weighted by atomic mass is 16.6. The number of hydrogen-bond donors (Lipinski definition) is 2. The number of benzene rings is 2. The second-order valence-electron chi connectivity index (χ2n) is 5.53. The number of non-ortho nitro benzene ring substituents is 1. The molecule has 8 heteroatoms. The molecule has 0 spiro atoms. The number of nitrogens with one attached hydrogen (secondary N) is 2. The zero-order valence-electron chi connectivity index (χ0n) is 14.8. The van der Waals surface area contributed by atoms with E-state index in [-0.39, 0.29) is 24.2 Å². The number of methoxy groups -OCH3 is 2. The van der Waals surface area contributed by atoms with Gasteiger partial charge in [0.25, 0.3) is 5.69 Å². The Morgan fingerprint density at radius 3 is 2.50 bits per heavy atom. The summed E-state index contributed by atoms with van der Waals surface area (Å²) >= 11 is 0. The number of rotatable bonds is 8. The van der Waals surface area contributed by atoms with Gasteiger partial charge in [0.05, 0.1) is 37.4 Å². The molecule has 0 aliphatic heterocycles. The number of nitrogens with zero attached hydrogens (tertiary/aromatic N) is 1. The van der Waals surface area contributed by atoms with E-state index in [9.17, 15) is 14.9 Å². The van der Waals surface area contributed by atoms with Gasteiger partial charge in [-0.1, -0.05) is 18.2 Å². The molecule has 0 saturated carbocycles. The predicted molar refractivity (Wildman–Crippen MR) is 97.7 cm³/mol. The smallest absolute Gasteiger partial charge is 0.271 e. The Morgan fingerprint density at radius 2 is 1.85 bits per heavy atom. The minimum Gasteiger partial charge on any atom is -0.496 e. The number of amides is 1. The molecule has 1 atom stereocenters. The molecule has 0 bridgehead atoms. The zero-order valence-corrected chi connectivity index (χ0v) is 14.8. The van der Waals surface area contributed by atoms with Gasteiger partial charge < -0.3 is 20.1 Å². The number of para-hydroxylation sites is 1. The van der Waals surface area contributed by atoms with Crippen molar-refractivity contribution in [2.24, 2.45) is 0 Å². The van der Waals surface area contributed by atoms with E-state index < -0.39 is 4.92 Å². The number of anilines is 1. The number of carbonyl (C=O) groups excluding carboxylic acids is 1. The molecule has 2 rings (SSSR count). The summed E-state index contributed by atoms with van der Waals surface area (Å²) in [5.41, 5.74) is 1.15. The normalized spacial score (nSPS) is 11.3. The number of carbonyl (C=O) groups is 1. The second-order valence-corrected chi connectivity index (χ2v) is 5.53. The number of nitro benzene ring substituents is 1. The largest absolute Gasteiger partial charge is 0.496 e. The van der Waals surface area contributed by atoms with Gasteiger partial charge in [-0.3, -0.25) is 14.9 Å². The molecule has 1 unspecified atom stereocenters. The third kappa shape index (κ3) is 4.62. The fraction of sp³-hybridized carbons (Fsp3) is 0.278. The fourth-order valence-electron chi connectivity index (χ4n) is 2.52. The monoisotopic (exact) mass is 359 g/mol. The van der Waals surface area contributed by atoms with Crippen LogP contribution in [0, 0.1) is 10.1 Å². The Hall–Kier alpha value is -3.29. The molecule has 0 aliphatic carbocycles. The van der Waals surface area contributed by atoms with Crippen LogP contribution in [-0.2, 0) is 4.79 Å². The summed E-state index contributed by atoms with van der Waals surface area (Å²) in [5, 5.41) is 16.6. The fourth-order valence-corrected chi connectivity index (χ4v) is 2.52. The molecule has 138 valence electrons. The van der Waals surface area contributed by atoms with E-state index in [1.807, 2.05) is 31.2 Å². The lowest BCUT2D eigenvalue weighted by molar-refractivity contribution is -0.384. The first-order valence-electron chi connectivity index (χ1n) is 7.94. The highest BCUT2D eigenvalue weighted by molar-refractivity contribution is 5.82. The summed E-state index contributed by atoms with van der Waals surface area (Å²) in [6.45, 7) is 1.79. The van der Waals surface area contributed by atoms with Crippen LogP contribution in [0.5, 0.6) is 11.5 Å². The average Bonchev–Trinajstić information content (AvgIpc) is 2.65. The molecule has 0 saturated heterocycles. The maximum Gasteiger partial charge on any atom is 0.271 e. The molecule has 1 amide bonds. The summed E-state index contributed by atoms with van der Waals surface area (Å²) in [5.74, 6) is 0.840. The van der Waals surface area contributed by atoms with Crippen molar-refractivity contribution in [3.63, 3.8) is 0 Å². The lowest BCUT2D eigenvalue weighted by Crippen LogP contribution is -2.32. The topological polar surface area (TPSA) is 103 Å². The van der Waals surface area contributed by atoms with Gasteiger partial charge in [-0.25, -0.2) is 0 Å². The van der Waals surface area contributed by atoms with E-state index in [4.69, 9.17) is 9.47 Å². The maximum atomic E-state index is 12.2. The van der Waals surface area contributed by atoms with Gasteiger partial charge in [0, 0.05) is 17.7 Å². The molecule has 0 heterocycles. The molecule has 2 aromatic carbocycles. The van der Waals surface area contributed by atoms with Crippen LogP contribution >= 0.6 is 0 Å². The molecule has 0 radical (unpaired) electrons. The summed E-state index contributed by atoms with van der Waals surface area (Å²) in [6.07, 6.45) is 0. The van der Waals surface area contributed by atoms with Crippen molar-refractivity contribution < 1.29 is 19.2 Å². The molecule has 0 fully saturated rings. The Bertz CT molecular complexity index is 794. The van der Waals surface area contributed by atoms with Gasteiger partial charge in [-0.15, -0.1) is 0 Å². The van der Waals surface area contributed by atoms with Crippen molar-refractivity contribution in [2.75, 3.05) is 26.1 Å². The predicted octanol–water partition coefficient (Wildman–Crippen LogP) is 2.90. The lowest BCUT2D eigenvalue weighted by atomic mass is 10.1. The highest BCUT2D eigenvalue weighted by Gasteiger charge is 2.15. The molecular formula is C18H21N3O5. The minimum atomic E-state index is -0.506. The van der Waals surface area contributed by atoms with Gasteiger partial charge in [-0.2, -0.15) is 0 Å². The van der Waals surface area contributed by atoms with E-state index in [1.54, 1.807) is 7.11 Å². The van der Waals surface area contributed by atoms with Crippen LogP contribution in [0.25, 0.3) is 0 Å². The average molecular weight is 359 g/mol. The Balaban J connectivity index is 2.02. The van der Waals surface area contributed by atoms with E-state index in [2.05, 4.69) is 10.6 Å². The van der Waals surface area contributed by atoms with Crippen LogP contribution < -0.4 is 20.1 Å². The molecule has 2 aromatic rings. The Morgan fingerprint density at radius 1 is 1.15 bits per heavy atom. The van der Waals surface area contributed by atoms with Crippen LogP contribution in [0.2, 0.25) is 0 Å². The summed E-state index contributed by atoms with van der Waals surface area (Å²) in [4.78, 5) is 22.6. The van der Waals surface area contributed by atoms with E-state index in [0.29, 0.717) is 17.2 Å². The first kappa shape index (κ1) is 19.0. The second kappa shape index (κ2) is 8.70. The Kier molecular flexibility index (Phi) is 6.37. The molecule has 26 heavy (non-hydrogen) atoms. The van der Waals surface area contributed by atoms with Crippen molar-refractivity contribution in [1.82, 2.24) is 5.32 Å². The van der Waals surface area contributed by atoms with Gasteiger partial charge in [-0.05, 0) is 19.1 Å². The van der Waals surface area contributed by atoms with Crippen molar-refractivity contribution in [2.45, 2.75) is 13.0 Å². The van der Waals surface area contributed by atoms with E-state index in [0.717, 1.165) is 5.56 Å². The van der Waals surface area contributed by atoms with E-state index >= 15 is 0 Å². The minimum absolute atomic E-state index is 0.0585. The molecule has 0 aliphatic rings. The first-order chi connectivity index (χ1) is 12.5. The Labute approximate surface area is 151 Å². The molecule has 8 nitrogen and oxygen atoms in total. The summed E-state index contributed by atoms with van der Waals surface area (Å²) in [6, 6.07) is 11.3. The maximum absolute atomic E-state index is 12.2. The van der Waals surface area contributed by atoms with Crippen LogP contribution in [-0.4, -0.2) is 31.6 Å². The van der Waals surface area contributed by atoms with Crippen molar-refractivity contribution in [1.29, 1.82) is 0 Å². The summed E-state index contributed by atoms with van der Waals surface area (Å²) < 4.78 is 10.5. The molecular weight excluding hydrogens is 338 g/mol. The van der Waals surface area contributed by atoms with Crippen LogP contribution in [0.3, 0.4) is 0 Å². The van der Waals surface area contributed by atoms with Gasteiger partial charge in [0.1, 0.15) is 11.5 Å². The standard InChI is InChI=1S/C18H21N3O5/c1-12(14-6-4-5-7-16(14)25-2)20-18(22)11-19-15-10-13(21(23)24)8-9-17(15)26-3/h4-10,12,19H,11H2,1-3H3,(H,20,22). The van der Waals surface area contributed by atoms with E-state index in [1.165, 1.54) is 25.3 Å². The molecule has 0 aromatic heterocycles.